The molecule has 0 aromatic heterocycles. The van der Waals surface area contributed by atoms with Crippen LogP contribution in [-0.2, 0) is 0 Å². The Morgan fingerprint density at radius 2 is 2.06 bits per heavy atom. The monoisotopic (exact) mass is 251 g/mol. The second kappa shape index (κ2) is 5.23. The van der Waals surface area contributed by atoms with E-state index in [1.807, 2.05) is 20.8 Å². The summed E-state index contributed by atoms with van der Waals surface area (Å²) in [6, 6.07) is 5.19. The fourth-order valence-electron chi connectivity index (χ4n) is 1.41. The lowest BCUT2D eigenvalue weighted by atomic mass is 10.0. The van der Waals surface area contributed by atoms with Gasteiger partial charge >= 0.3 is 0 Å². The van der Waals surface area contributed by atoms with E-state index in [0.717, 1.165) is 0 Å². The van der Waals surface area contributed by atoms with Crippen LogP contribution >= 0.6 is 12.8 Å². The minimum atomic E-state index is -0.300. The number of rotatable bonds is 3. The van der Waals surface area contributed by atoms with Crippen LogP contribution in [0.3, 0.4) is 0 Å². The first kappa shape index (κ1) is 13.6. The van der Waals surface area contributed by atoms with Gasteiger partial charge in [0.1, 0.15) is 0 Å². The largest absolute Gasteiger partial charge is 0.347 e. The maximum Gasteiger partial charge on any atom is 0.253 e. The molecule has 0 radical (unpaired) electrons. The van der Waals surface area contributed by atoms with E-state index < -0.39 is 0 Å². The molecule has 0 fully saturated rings. The zero-order chi connectivity index (χ0) is 13.1. The number of nitrogens with one attached hydrogen (secondary N) is 3. The molecule has 0 unspecified atom stereocenters. The van der Waals surface area contributed by atoms with Gasteiger partial charge in [0.25, 0.3) is 5.91 Å². The molecular weight excluding hydrogens is 234 g/mol. The minimum Gasteiger partial charge on any atom is -0.347 e. The number of anilines is 1. The Bertz CT molecular complexity index is 438. The van der Waals surface area contributed by atoms with E-state index in [2.05, 4.69) is 22.9 Å². The molecule has 0 saturated heterocycles. The maximum atomic E-state index is 12.0. The second-order valence-corrected chi connectivity index (χ2v) is 4.95. The summed E-state index contributed by atoms with van der Waals surface area (Å²) in [5.41, 5.74) is 1.36. The van der Waals surface area contributed by atoms with Crippen molar-refractivity contribution in [3.05, 3.63) is 29.3 Å². The lowest BCUT2D eigenvalue weighted by molar-refractivity contribution is 0.0920. The van der Waals surface area contributed by atoms with Gasteiger partial charge < -0.3 is 15.4 Å². The average Bonchev–Trinajstić information content (AvgIpc) is 2.25. The van der Waals surface area contributed by atoms with Crippen LogP contribution in [0.25, 0.3) is 0 Å². The van der Waals surface area contributed by atoms with Gasteiger partial charge in [0.05, 0.1) is 11.3 Å². The van der Waals surface area contributed by atoms with Crippen molar-refractivity contribution in [2.75, 3.05) is 4.72 Å². The molecule has 0 aliphatic carbocycles. The van der Waals surface area contributed by atoms with Crippen molar-refractivity contribution >= 4 is 30.6 Å². The van der Waals surface area contributed by atoms with Crippen LogP contribution < -0.4 is 10.0 Å². The summed E-state index contributed by atoms with van der Waals surface area (Å²) >= 11 is 3.98. The van der Waals surface area contributed by atoms with Crippen molar-refractivity contribution in [3.63, 3.8) is 0 Å². The number of carbonyl (C=O) groups is 1. The molecule has 1 amide bonds. The highest BCUT2D eigenvalue weighted by atomic mass is 32.1. The molecule has 3 N–H and O–H groups in total. The highest BCUT2D eigenvalue weighted by Gasteiger charge is 2.18. The zero-order valence-electron chi connectivity index (χ0n) is 10.2. The summed E-state index contributed by atoms with van der Waals surface area (Å²) in [5, 5.41) is 10.1. The van der Waals surface area contributed by atoms with Gasteiger partial charge in [-0.2, -0.15) is 0 Å². The Kier molecular flexibility index (Phi) is 4.17. The molecule has 0 aliphatic heterocycles. The Balaban J connectivity index is 3.13. The third-order valence-corrected chi connectivity index (χ3v) is 2.32. The molecule has 0 aliphatic rings. The minimum absolute atomic E-state index is 0.183. The Morgan fingerprint density at radius 3 is 2.53 bits per heavy atom. The first-order chi connectivity index (χ1) is 7.89. The first-order valence-electron chi connectivity index (χ1n) is 5.25. The molecule has 1 aromatic rings. The van der Waals surface area contributed by atoms with E-state index >= 15 is 0 Å². The number of carbonyl (C=O) groups excluding carboxylic acids is 1. The maximum absolute atomic E-state index is 12.0. The first-order valence-corrected chi connectivity index (χ1v) is 5.70. The predicted octanol–water partition coefficient (Wildman–Crippen LogP) is 2.47. The SMILES string of the molecule is CC(C)(C)NC(=O)c1cccc(C=N)c1NS. The standard InChI is InChI=1S/C12H17N3OS/c1-12(2,3)14-11(16)9-6-4-5-8(7-13)10(9)15-17/h4-7,13,15,17H,1-3H3,(H,14,16). The van der Waals surface area contributed by atoms with Crippen LogP contribution in [0, 0.1) is 5.41 Å². The number of para-hydroxylation sites is 1. The van der Waals surface area contributed by atoms with Gasteiger partial charge in [-0.15, -0.1) is 0 Å². The van der Waals surface area contributed by atoms with Gasteiger partial charge in [0.2, 0.25) is 0 Å². The van der Waals surface area contributed by atoms with Crippen molar-refractivity contribution in [2.24, 2.45) is 0 Å². The molecule has 0 bridgehead atoms. The Labute approximate surface area is 107 Å². The van der Waals surface area contributed by atoms with Crippen LogP contribution in [0.2, 0.25) is 0 Å². The van der Waals surface area contributed by atoms with E-state index in [4.69, 9.17) is 5.41 Å². The van der Waals surface area contributed by atoms with Crippen LogP contribution in [-0.4, -0.2) is 17.7 Å². The third kappa shape index (κ3) is 3.49. The molecule has 0 saturated carbocycles. The lowest BCUT2D eigenvalue weighted by Crippen LogP contribution is -2.40. The van der Waals surface area contributed by atoms with Crippen molar-refractivity contribution in [1.82, 2.24) is 5.32 Å². The fraction of sp³-hybridized carbons (Fsp3) is 0.333. The van der Waals surface area contributed by atoms with Gasteiger partial charge in [0, 0.05) is 17.3 Å². The van der Waals surface area contributed by atoms with E-state index in [-0.39, 0.29) is 11.4 Å². The molecule has 1 rings (SSSR count). The lowest BCUT2D eigenvalue weighted by Gasteiger charge is -2.21. The molecule has 0 atom stereocenters. The summed E-state index contributed by atoms with van der Waals surface area (Å²) < 4.78 is 2.66. The molecule has 92 valence electrons. The van der Waals surface area contributed by atoms with Crippen molar-refractivity contribution < 1.29 is 4.79 Å². The average molecular weight is 251 g/mol. The number of hydrogen-bond donors (Lipinski definition) is 4. The molecule has 17 heavy (non-hydrogen) atoms. The Morgan fingerprint density at radius 1 is 1.41 bits per heavy atom. The van der Waals surface area contributed by atoms with E-state index in [0.29, 0.717) is 16.8 Å². The van der Waals surface area contributed by atoms with Crippen LogP contribution in [0.4, 0.5) is 5.69 Å². The Hall–Kier alpha value is -1.49. The van der Waals surface area contributed by atoms with Gasteiger partial charge in [0.15, 0.2) is 0 Å². The molecule has 4 nitrogen and oxygen atoms in total. The number of amides is 1. The fourth-order valence-corrected chi connectivity index (χ4v) is 1.66. The van der Waals surface area contributed by atoms with Crippen molar-refractivity contribution in [3.8, 4) is 0 Å². The number of hydrogen-bond acceptors (Lipinski definition) is 4. The summed E-state index contributed by atoms with van der Waals surface area (Å²) in [6.45, 7) is 5.75. The molecule has 5 heteroatoms. The van der Waals surface area contributed by atoms with Gasteiger partial charge in [-0.3, -0.25) is 4.79 Å². The summed E-state index contributed by atoms with van der Waals surface area (Å²) in [4.78, 5) is 12.0. The normalized spacial score (nSPS) is 10.8. The predicted molar refractivity (Wildman–Crippen MR) is 74.2 cm³/mol. The smallest absolute Gasteiger partial charge is 0.253 e. The third-order valence-electron chi connectivity index (χ3n) is 2.10. The summed E-state index contributed by atoms with van der Waals surface area (Å²) in [6.07, 6.45) is 1.19. The topological polar surface area (TPSA) is 65.0 Å². The second-order valence-electron chi connectivity index (χ2n) is 4.73. The van der Waals surface area contributed by atoms with E-state index in [9.17, 15) is 4.79 Å². The van der Waals surface area contributed by atoms with Crippen molar-refractivity contribution in [2.45, 2.75) is 26.3 Å². The van der Waals surface area contributed by atoms with Gasteiger partial charge in [-0.05, 0) is 26.8 Å². The van der Waals surface area contributed by atoms with Gasteiger partial charge in [-0.1, -0.05) is 24.9 Å². The van der Waals surface area contributed by atoms with Gasteiger partial charge in [-0.25, -0.2) is 0 Å². The number of thiol groups is 1. The highest BCUT2D eigenvalue weighted by Crippen LogP contribution is 2.21. The van der Waals surface area contributed by atoms with E-state index in [1.165, 1.54) is 6.21 Å². The van der Waals surface area contributed by atoms with Crippen molar-refractivity contribution in [1.29, 1.82) is 5.41 Å². The summed E-state index contributed by atoms with van der Waals surface area (Å²) in [7, 11) is 0. The van der Waals surface area contributed by atoms with Crippen LogP contribution in [0.1, 0.15) is 36.7 Å². The zero-order valence-corrected chi connectivity index (χ0v) is 11.1. The summed E-state index contributed by atoms with van der Waals surface area (Å²) in [5.74, 6) is -0.183. The molecular formula is C12H17N3OS. The quantitative estimate of drug-likeness (QED) is 0.492. The number of benzene rings is 1. The molecule has 0 spiro atoms. The molecule has 1 aromatic carbocycles. The highest BCUT2D eigenvalue weighted by molar-refractivity contribution is 7.81. The van der Waals surface area contributed by atoms with E-state index in [1.54, 1.807) is 18.2 Å². The molecule has 0 heterocycles. The van der Waals surface area contributed by atoms with Crippen LogP contribution in [0.5, 0.6) is 0 Å². The van der Waals surface area contributed by atoms with Crippen LogP contribution in [0.15, 0.2) is 18.2 Å².